The maximum Gasteiger partial charge on any atom is 0.324 e. The van der Waals surface area contributed by atoms with Gasteiger partial charge in [0.1, 0.15) is 17.5 Å². The third-order valence-corrected chi connectivity index (χ3v) is 4.97. The summed E-state index contributed by atoms with van der Waals surface area (Å²) in [5.74, 6) is 0.419. The lowest BCUT2D eigenvalue weighted by Crippen LogP contribution is -2.38. The number of amides is 1. The van der Waals surface area contributed by atoms with Gasteiger partial charge in [0.15, 0.2) is 0 Å². The molecule has 0 atom stereocenters. The fraction of sp³-hybridized carbons (Fsp3) is 0.263. The first-order chi connectivity index (χ1) is 14.0. The van der Waals surface area contributed by atoms with Crippen molar-refractivity contribution in [3.05, 3.63) is 52.3 Å². The van der Waals surface area contributed by atoms with E-state index in [1.165, 1.54) is 6.20 Å². The number of carbonyl (C=O) groups excluding carboxylic acids is 1. The van der Waals surface area contributed by atoms with Crippen molar-refractivity contribution in [2.24, 2.45) is 5.73 Å². The Balaban J connectivity index is 1.38. The molecule has 0 aliphatic carbocycles. The van der Waals surface area contributed by atoms with Gasteiger partial charge in [-0.3, -0.25) is 9.78 Å². The van der Waals surface area contributed by atoms with Crippen LogP contribution in [0.25, 0.3) is 11.4 Å². The summed E-state index contributed by atoms with van der Waals surface area (Å²) in [6.07, 6.45) is 3.03. The highest BCUT2D eigenvalue weighted by atomic mass is 35.5. The van der Waals surface area contributed by atoms with Gasteiger partial charge in [-0.25, -0.2) is 0 Å². The molecule has 10 heteroatoms. The van der Waals surface area contributed by atoms with Gasteiger partial charge in [0.05, 0.1) is 0 Å². The summed E-state index contributed by atoms with van der Waals surface area (Å²) in [6, 6.07) is 8.81. The Hall–Kier alpha value is -2.84. The number of primary amides is 1. The Morgan fingerprint density at radius 1 is 1.17 bits per heavy atom. The predicted molar refractivity (Wildman–Crippen MR) is 108 cm³/mol. The van der Waals surface area contributed by atoms with Crippen molar-refractivity contribution in [3.63, 3.8) is 0 Å². The Morgan fingerprint density at radius 3 is 2.59 bits per heavy atom. The molecular formula is C19H17Cl2N5O3. The largest absolute Gasteiger partial charge is 0.490 e. The number of halogens is 2. The molecule has 150 valence electrons. The van der Waals surface area contributed by atoms with Crippen LogP contribution in [0.1, 0.15) is 23.3 Å². The van der Waals surface area contributed by atoms with Crippen LogP contribution in [-0.4, -0.2) is 40.2 Å². The van der Waals surface area contributed by atoms with Crippen LogP contribution >= 0.6 is 23.2 Å². The number of rotatable bonds is 5. The van der Waals surface area contributed by atoms with E-state index in [1.807, 2.05) is 4.90 Å². The number of aromatic nitrogens is 3. The molecule has 1 aliphatic rings. The number of nitrogens with two attached hydrogens (primary N) is 1. The zero-order valence-electron chi connectivity index (χ0n) is 15.2. The second-order valence-corrected chi connectivity index (χ2v) is 7.48. The molecule has 1 saturated heterocycles. The summed E-state index contributed by atoms with van der Waals surface area (Å²) in [7, 11) is 0. The normalized spacial score (nSPS) is 14.8. The summed E-state index contributed by atoms with van der Waals surface area (Å²) in [4.78, 5) is 21.6. The fourth-order valence-corrected chi connectivity index (χ4v) is 3.65. The molecule has 4 rings (SSSR count). The zero-order valence-corrected chi connectivity index (χ0v) is 16.7. The molecule has 0 saturated carbocycles. The highest BCUT2D eigenvalue weighted by Crippen LogP contribution is 2.28. The van der Waals surface area contributed by atoms with Crippen molar-refractivity contribution in [1.82, 2.24) is 15.1 Å². The molecule has 1 amide bonds. The third kappa shape index (κ3) is 4.60. The van der Waals surface area contributed by atoms with Crippen LogP contribution in [0.5, 0.6) is 5.75 Å². The molecule has 0 spiro atoms. The summed E-state index contributed by atoms with van der Waals surface area (Å²) < 4.78 is 11.4. The smallest absolute Gasteiger partial charge is 0.324 e. The number of pyridine rings is 1. The van der Waals surface area contributed by atoms with E-state index in [4.69, 9.17) is 38.2 Å². The van der Waals surface area contributed by atoms with E-state index in [2.05, 4.69) is 15.1 Å². The van der Waals surface area contributed by atoms with Crippen molar-refractivity contribution in [2.75, 3.05) is 18.0 Å². The highest BCUT2D eigenvalue weighted by molar-refractivity contribution is 6.35. The SMILES string of the molecule is NC(=O)c1cc(OC2CCN(c3nc(-c4cc(Cl)cc(Cl)c4)no3)CC2)ccn1. The summed E-state index contributed by atoms with van der Waals surface area (Å²) in [6.45, 7) is 1.38. The van der Waals surface area contributed by atoms with Gasteiger partial charge in [0.25, 0.3) is 5.91 Å². The Bertz CT molecular complexity index is 1010. The molecule has 1 aromatic carbocycles. The van der Waals surface area contributed by atoms with Crippen molar-refractivity contribution in [2.45, 2.75) is 18.9 Å². The average Bonchev–Trinajstić information content (AvgIpc) is 3.18. The van der Waals surface area contributed by atoms with E-state index in [9.17, 15) is 4.79 Å². The lowest BCUT2D eigenvalue weighted by molar-refractivity contribution is 0.0994. The van der Waals surface area contributed by atoms with Crippen molar-refractivity contribution in [1.29, 1.82) is 0 Å². The topological polar surface area (TPSA) is 107 Å². The van der Waals surface area contributed by atoms with Crippen LogP contribution in [0, 0.1) is 0 Å². The first kappa shape index (κ1) is 19.5. The number of anilines is 1. The van der Waals surface area contributed by atoms with E-state index >= 15 is 0 Å². The van der Waals surface area contributed by atoms with E-state index in [1.54, 1.807) is 30.3 Å². The van der Waals surface area contributed by atoms with Crippen LogP contribution in [0.15, 0.2) is 41.1 Å². The molecule has 8 nitrogen and oxygen atoms in total. The summed E-state index contributed by atoms with van der Waals surface area (Å²) in [5, 5.41) is 5.04. The van der Waals surface area contributed by atoms with E-state index in [-0.39, 0.29) is 11.8 Å². The molecule has 3 aromatic rings. The van der Waals surface area contributed by atoms with Gasteiger partial charge >= 0.3 is 6.01 Å². The Labute approximate surface area is 176 Å². The first-order valence-electron chi connectivity index (χ1n) is 8.95. The molecular weight excluding hydrogens is 417 g/mol. The zero-order chi connectivity index (χ0) is 20.4. The molecule has 0 radical (unpaired) electrons. The average molecular weight is 434 g/mol. The van der Waals surface area contributed by atoms with Crippen molar-refractivity contribution < 1.29 is 14.1 Å². The number of piperidine rings is 1. The van der Waals surface area contributed by atoms with Gasteiger partial charge < -0.3 is 19.9 Å². The molecule has 2 N–H and O–H groups in total. The molecule has 1 fully saturated rings. The van der Waals surface area contributed by atoms with E-state index in [0.29, 0.717) is 46.3 Å². The second-order valence-electron chi connectivity index (χ2n) is 6.60. The standard InChI is InChI=1S/C19H17Cl2N5O3/c20-12-7-11(8-13(21)9-12)18-24-19(29-25-18)26-5-2-14(3-6-26)28-15-1-4-23-16(10-15)17(22)27/h1,4,7-10,14H,2-3,5-6H2,(H2,22,27). The summed E-state index contributed by atoms with van der Waals surface area (Å²) >= 11 is 12.1. The Kier molecular flexibility index (Phi) is 5.55. The molecule has 3 heterocycles. The van der Waals surface area contributed by atoms with Crippen LogP contribution in [-0.2, 0) is 0 Å². The van der Waals surface area contributed by atoms with Gasteiger partial charge in [-0.05, 0) is 24.3 Å². The number of carbonyl (C=O) groups is 1. The number of ether oxygens (including phenoxy) is 1. The van der Waals surface area contributed by atoms with Gasteiger partial charge in [-0.1, -0.05) is 28.4 Å². The fourth-order valence-electron chi connectivity index (χ4n) is 3.12. The molecule has 1 aliphatic heterocycles. The van der Waals surface area contributed by atoms with Crippen molar-refractivity contribution in [3.8, 4) is 17.1 Å². The van der Waals surface area contributed by atoms with E-state index < -0.39 is 5.91 Å². The monoisotopic (exact) mass is 433 g/mol. The Morgan fingerprint density at radius 2 is 1.90 bits per heavy atom. The lowest BCUT2D eigenvalue weighted by atomic mass is 10.1. The number of benzene rings is 1. The minimum absolute atomic E-state index is 0.00325. The molecule has 29 heavy (non-hydrogen) atoms. The maximum atomic E-state index is 11.2. The first-order valence-corrected chi connectivity index (χ1v) is 9.71. The molecule has 2 aromatic heterocycles. The number of nitrogens with zero attached hydrogens (tertiary/aromatic N) is 4. The highest BCUT2D eigenvalue weighted by Gasteiger charge is 2.25. The van der Waals surface area contributed by atoms with Gasteiger partial charge in [0, 0.05) is 53.8 Å². The summed E-state index contributed by atoms with van der Waals surface area (Å²) in [5.41, 5.74) is 6.13. The number of hydrogen-bond acceptors (Lipinski definition) is 7. The predicted octanol–water partition coefficient (Wildman–Crippen LogP) is 3.59. The maximum absolute atomic E-state index is 11.2. The van der Waals surface area contributed by atoms with Gasteiger partial charge in [-0.2, -0.15) is 4.98 Å². The minimum Gasteiger partial charge on any atom is -0.490 e. The lowest BCUT2D eigenvalue weighted by Gasteiger charge is -2.30. The third-order valence-electron chi connectivity index (χ3n) is 4.54. The van der Waals surface area contributed by atoms with Gasteiger partial charge in [0.2, 0.25) is 5.82 Å². The number of hydrogen-bond donors (Lipinski definition) is 1. The van der Waals surface area contributed by atoms with Crippen LogP contribution in [0.3, 0.4) is 0 Å². The molecule has 0 bridgehead atoms. The molecule has 0 unspecified atom stereocenters. The van der Waals surface area contributed by atoms with Crippen molar-refractivity contribution >= 4 is 35.1 Å². The van der Waals surface area contributed by atoms with Crippen LogP contribution < -0.4 is 15.4 Å². The minimum atomic E-state index is -0.585. The second kappa shape index (κ2) is 8.26. The van der Waals surface area contributed by atoms with Gasteiger partial charge in [-0.15, -0.1) is 0 Å². The quantitative estimate of drug-likeness (QED) is 0.654. The van der Waals surface area contributed by atoms with Crippen LogP contribution in [0.4, 0.5) is 6.01 Å². The van der Waals surface area contributed by atoms with Crippen LogP contribution in [0.2, 0.25) is 10.0 Å². The van der Waals surface area contributed by atoms with E-state index in [0.717, 1.165) is 12.8 Å².